The standard InChI is InChI=1S/C21H20N2O4S/c1-13-20(15-5-7-16(25-2)8-6-15)23-21(28-13)22-19(24)10-4-14-3-9-17-18(11-14)27-12-26-17/h3,5-9,11H,4,10,12H2,1-2H3,(H,22,23,24). The van der Waals surface area contributed by atoms with Crippen molar-refractivity contribution in [1.82, 2.24) is 4.98 Å². The number of carbonyl (C=O) groups excluding carboxylic acids is 1. The molecule has 0 atom stereocenters. The summed E-state index contributed by atoms with van der Waals surface area (Å²) in [5.41, 5.74) is 2.91. The monoisotopic (exact) mass is 396 g/mol. The number of nitrogens with one attached hydrogen (secondary N) is 1. The van der Waals surface area contributed by atoms with E-state index < -0.39 is 0 Å². The van der Waals surface area contributed by atoms with Gasteiger partial charge in [0.25, 0.3) is 0 Å². The zero-order valence-corrected chi connectivity index (χ0v) is 16.5. The van der Waals surface area contributed by atoms with E-state index in [1.807, 2.05) is 49.4 Å². The Labute approximate surface area is 167 Å². The highest BCUT2D eigenvalue weighted by Gasteiger charge is 2.15. The predicted octanol–water partition coefficient (Wildman–Crippen LogP) is 4.43. The molecule has 144 valence electrons. The molecule has 0 fully saturated rings. The molecule has 4 rings (SSSR count). The first-order valence-electron chi connectivity index (χ1n) is 8.92. The number of anilines is 1. The summed E-state index contributed by atoms with van der Waals surface area (Å²) in [4.78, 5) is 18.0. The van der Waals surface area contributed by atoms with E-state index in [0.717, 1.165) is 38.9 Å². The van der Waals surface area contributed by atoms with Crippen LogP contribution < -0.4 is 19.5 Å². The molecular formula is C21H20N2O4S. The molecule has 0 saturated heterocycles. The van der Waals surface area contributed by atoms with Gasteiger partial charge in [-0.05, 0) is 55.3 Å². The highest BCUT2D eigenvalue weighted by Crippen LogP contribution is 2.33. The second-order valence-electron chi connectivity index (χ2n) is 6.39. The van der Waals surface area contributed by atoms with Gasteiger partial charge in [0.1, 0.15) is 5.75 Å². The number of amides is 1. The number of rotatable bonds is 6. The zero-order valence-electron chi connectivity index (χ0n) is 15.7. The molecule has 6 nitrogen and oxygen atoms in total. The van der Waals surface area contributed by atoms with E-state index in [2.05, 4.69) is 10.3 Å². The fourth-order valence-electron chi connectivity index (χ4n) is 3.00. The van der Waals surface area contributed by atoms with Crippen LogP contribution in [-0.4, -0.2) is 24.8 Å². The zero-order chi connectivity index (χ0) is 19.5. The Kier molecular flexibility index (Phi) is 5.16. The first kappa shape index (κ1) is 18.3. The van der Waals surface area contributed by atoms with Gasteiger partial charge in [-0.25, -0.2) is 4.98 Å². The quantitative estimate of drug-likeness (QED) is 0.668. The van der Waals surface area contributed by atoms with Crippen LogP contribution in [0.2, 0.25) is 0 Å². The Balaban J connectivity index is 1.38. The third-order valence-corrected chi connectivity index (χ3v) is 5.37. The number of hydrogen-bond donors (Lipinski definition) is 1. The second-order valence-corrected chi connectivity index (χ2v) is 7.59. The van der Waals surface area contributed by atoms with Gasteiger partial charge in [0.05, 0.1) is 12.8 Å². The smallest absolute Gasteiger partial charge is 0.231 e. The van der Waals surface area contributed by atoms with Gasteiger partial charge in [0.2, 0.25) is 12.7 Å². The molecule has 0 saturated carbocycles. The van der Waals surface area contributed by atoms with E-state index in [1.165, 1.54) is 11.3 Å². The van der Waals surface area contributed by atoms with Crippen molar-refractivity contribution in [2.24, 2.45) is 0 Å². The summed E-state index contributed by atoms with van der Waals surface area (Å²) < 4.78 is 15.9. The Hall–Kier alpha value is -3.06. The fraction of sp³-hybridized carbons (Fsp3) is 0.238. The Bertz CT molecular complexity index is 998. The lowest BCUT2D eigenvalue weighted by Gasteiger charge is -2.04. The number of benzene rings is 2. The Morgan fingerprint density at radius 1 is 1.18 bits per heavy atom. The molecule has 0 radical (unpaired) electrons. The number of hydrogen-bond acceptors (Lipinski definition) is 6. The third kappa shape index (κ3) is 3.94. The predicted molar refractivity (Wildman–Crippen MR) is 108 cm³/mol. The number of ether oxygens (including phenoxy) is 3. The van der Waals surface area contributed by atoms with E-state index in [9.17, 15) is 4.79 Å². The first-order chi connectivity index (χ1) is 13.6. The van der Waals surface area contributed by atoms with Crippen LogP contribution in [-0.2, 0) is 11.2 Å². The summed E-state index contributed by atoms with van der Waals surface area (Å²) in [7, 11) is 1.64. The number of aryl methyl sites for hydroxylation is 2. The number of carbonyl (C=O) groups is 1. The van der Waals surface area contributed by atoms with Crippen molar-refractivity contribution >= 4 is 22.4 Å². The van der Waals surface area contributed by atoms with Crippen LogP contribution in [0.1, 0.15) is 16.9 Å². The molecule has 1 aliphatic rings. The third-order valence-electron chi connectivity index (χ3n) is 4.48. The normalized spacial score (nSPS) is 12.1. The van der Waals surface area contributed by atoms with Gasteiger partial charge in [0.15, 0.2) is 16.6 Å². The van der Waals surface area contributed by atoms with Crippen LogP contribution >= 0.6 is 11.3 Å². The van der Waals surface area contributed by atoms with Crippen molar-refractivity contribution in [3.8, 4) is 28.5 Å². The molecule has 1 aromatic heterocycles. The topological polar surface area (TPSA) is 69.7 Å². The van der Waals surface area contributed by atoms with Gasteiger partial charge in [-0.1, -0.05) is 6.07 Å². The van der Waals surface area contributed by atoms with Crippen molar-refractivity contribution in [3.05, 3.63) is 52.9 Å². The van der Waals surface area contributed by atoms with E-state index >= 15 is 0 Å². The van der Waals surface area contributed by atoms with Crippen LogP contribution in [0.15, 0.2) is 42.5 Å². The number of fused-ring (bicyclic) bond motifs is 1. The van der Waals surface area contributed by atoms with Crippen molar-refractivity contribution in [1.29, 1.82) is 0 Å². The molecular weight excluding hydrogens is 376 g/mol. The van der Waals surface area contributed by atoms with Crippen molar-refractivity contribution in [2.45, 2.75) is 19.8 Å². The van der Waals surface area contributed by atoms with Crippen LogP contribution in [0.3, 0.4) is 0 Å². The van der Waals surface area contributed by atoms with Crippen LogP contribution in [0.25, 0.3) is 11.3 Å². The van der Waals surface area contributed by atoms with Crippen LogP contribution in [0, 0.1) is 6.92 Å². The van der Waals surface area contributed by atoms with Gasteiger partial charge in [-0.15, -0.1) is 11.3 Å². The highest BCUT2D eigenvalue weighted by molar-refractivity contribution is 7.16. The highest BCUT2D eigenvalue weighted by atomic mass is 32.1. The van der Waals surface area contributed by atoms with Gasteiger partial charge in [-0.3, -0.25) is 4.79 Å². The maximum Gasteiger partial charge on any atom is 0.231 e. The lowest BCUT2D eigenvalue weighted by molar-refractivity contribution is -0.116. The molecule has 2 aromatic carbocycles. The van der Waals surface area contributed by atoms with Crippen molar-refractivity contribution < 1.29 is 19.0 Å². The molecule has 0 bridgehead atoms. The minimum atomic E-state index is -0.0623. The van der Waals surface area contributed by atoms with E-state index in [-0.39, 0.29) is 12.7 Å². The maximum absolute atomic E-state index is 12.3. The SMILES string of the molecule is COc1ccc(-c2nc(NC(=O)CCc3ccc4c(c3)OCO4)sc2C)cc1. The fourth-order valence-corrected chi connectivity index (χ4v) is 3.85. The lowest BCUT2D eigenvalue weighted by Crippen LogP contribution is -2.12. The molecule has 1 amide bonds. The minimum absolute atomic E-state index is 0.0623. The van der Waals surface area contributed by atoms with Crippen molar-refractivity contribution in [3.63, 3.8) is 0 Å². The average Bonchev–Trinajstić information content (AvgIpc) is 3.32. The molecule has 3 aromatic rings. The number of aromatic nitrogens is 1. The molecule has 0 unspecified atom stereocenters. The van der Waals surface area contributed by atoms with Gasteiger partial charge in [0, 0.05) is 16.9 Å². The van der Waals surface area contributed by atoms with Crippen molar-refractivity contribution in [2.75, 3.05) is 19.2 Å². The van der Waals surface area contributed by atoms with Crippen LogP contribution in [0.4, 0.5) is 5.13 Å². The van der Waals surface area contributed by atoms with E-state index in [0.29, 0.717) is 18.0 Å². The Morgan fingerprint density at radius 2 is 1.96 bits per heavy atom. The summed E-state index contributed by atoms with van der Waals surface area (Å²) in [6.45, 7) is 2.25. The van der Waals surface area contributed by atoms with Gasteiger partial charge >= 0.3 is 0 Å². The molecule has 0 aliphatic carbocycles. The van der Waals surface area contributed by atoms with Gasteiger partial charge < -0.3 is 19.5 Å². The maximum atomic E-state index is 12.3. The number of thiazole rings is 1. The summed E-state index contributed by atoms with van der Waals surface area (Å²) in [6, 6.07) is 13.5. The molecule has 28 heavy (non-hydrogen) atoms. The molecule has 0 spiro atoms. The largest absolute Gasteiger partial charge is 0.497 e. The van der Waals surface area contributed by atoms with E-state index in [1.54, 1.807) is 7.11 Å². The van der Waals surface area contributed by atoms with Crippen LogP contribution in [0.5, 0.6) is 17.2 Å². The molecule has 1 aliphatic heterocycles. The minimum Gasteiger partial charge on any atom is -0.497 e. The summed E-state index contributed by atoms with van der Waals surface area (Å²) in [5.74, 6) is 2.22. The molecule has 1 N–H and O–H groups in total. The number of nitrogens with zero attached hydrogens (tertiary/aromatic N) is 1. The summed E-state index contributed by atoms with van der Waals surface area (Å²) >= 11 is 1.47. The molecule has 2 heterocycles. The number of methoxy groups -OCH3 is 1. The summed E-state index contributed by atoms with van der Waals surface area (Å²) in [6.07, 6.45) is 0.994. The average molecular weight is 396 g/mol. The first-order valence-corrected chi connectivity index (χ1v) is 9.74. The molecule has 7 heteroatoms. The van der Waals surface area contributed by atoms with E-state index in [4.69, 9.17) is 14.2 Å². The summed E-state index contributed by atoms with van der Waals surface area (Å²) in [5, 5.41) is 3.52. The Morgan fingerprint density at radius 3 is 2.75 bits per heavy atom. The lowest BCUT2D eigenvalue weighted by atomic mass is 10.1. The second kappa shape index (κ2) is 7.90. The van der Waals surface area contributed by atoms with Gasteiger partial charge in [-0.2, -0.15) is 0 Å².